The van der Waals surface area contributed by atoms with Gasteiger partial charge >= 0.3 is 6.16 Å². The highest BCUT2D eigenvalue weighted by atomic mass is 16.7. The predicted octanol–water partition coefficient (Wildman–Crippen LogP) is 2.75. The molecule has 0 aromatic heterocycles. The summed E-state index contributed by atoms with van der Waals surface area (Å²) in [6.45, 7) is 4.74. The fourth-order valence-electron chi connectivity index (χ4n) is 2.25. The Kier molecular flexibility index (Phi) is 3.58. The van der Waals surface area contributed by atoms with Gasteiger partial charge in [0, 0.05) is 0 Å². The Morgan fingerprint density at radius 2 is 1.92 bits per heavy atom. The number of rotatable bonds is 2. The molecule has 3 nitrogen and oxygen atoms in total. The standard InChI is InChI=1S/C10H18O3/c1-7-4-3-5-8(2)9(7)6-13-10(11)12/h7-9H,3-6H2,1-2H3,(H,11,12). The Morgan fingerprint density at radius 1 is 1.38 bits per heavy atom. The van der Waals surface area contributed by atoms with Crippen LogP contribution in [0, 0.1) is 17.8 Å². The Bertz CT molecular complexity index is 169. The van der Waals surface area contributed by atoms with Crippen LogP contribution in [0.25, 0.3) is 0 Å². The van der Waals surface area contributed by atoms with Gasteiger partial charge in [-0.25, -0.2) is 4.79 Å². The molecule has 2 unspecified atom stereocenters. The molecule has 0 saturated heterocycles. The minimum absolute atomic E-state index is 0.373. The maximum absolute atomic E-state index is 10.2. The highest BCUT2D eigenvalue weighted by molar-refractivity contribution is 5.56. The van der Waals surface area contributed by atoms with Gasteiger partial charge in [0.25, 0.3) is 0 Å². The van der Waals surface area contributed by atoms with E-state index in [1.54, 1.807) is 0 Å². The number of hydrogen-bond acceptors (Lipinski definition) is 2. The van der Waals surface area contributed by atoms with E-state index in [1.165, 1.54) is 19.3 Å². The summed E-state index contributed by atoms with van der Waals surface area (Å²) in [6, 6.07) is 0. The second-order valence-corrected chi connectivity index (χ2v) is 4.13. The minimum Gasteiger partial charge on any atom is -0.450 e. The SMILES string of the molecule is CC1CCCC(C)C1COC(=O)O. The molecule has 3 heteroatoms. The van der Waals surface area contributed by atoms with E-state index in [0.717, 1.165) is 0 Å². The van der Waals surface area contributed by atoms with Crippen molar-refractivity contribution in [2.45, 2.75) is 33.1 Å². The van der Waals surface area contributed by atoms with Gasteiger partial charge in [0.2, 0.25) is 0 Å². The molecule has 0 spiro atoms. The van der Waals surface area contributed by atoms with Gasteiger partial charge in [-0.1, -0.05) is 33.1 Å². The Morgan fingerprint density at radius 3 is 2.38 bits per heavy atom. The van der Waals surface area contributed by atoms with Crippen molar-refractivity contribution in [1.82, 2.24) is 0 Å². The van der Waals surface area contributed by atoms with E-state index in [1.807, 2.05) is 0 Å². The van der Waals surface area contributed by atoms with Crippen LogP contribution in [-0.2, 0) is 4.74 Å². The van der Waals surface area contributed by atoms with Gasteiger partial charge in [0.1, 0.15) is 0 Å². The molecule has 0 aromatic carbocycles. The summed E-state index contributed by atoms with van der Waals surface area (Å²) in [6.07, 6.45) is 2.53. The Balaban J connectivity index is 2.39. The van der Waals surface area contributed by atoms with Gasteiger partial charge in [0.05, 0.1) is 6.61 Å². The van der Waals surface area contributed by atoms with Crippen molar-refractivity contribution in [1.29, 1.82) is 0 Å². The maximum Gasteiger partial charge on any atom is 0.505 e. The van der Waals surface area contributed by atoms with Crippen molar-refractivity contribution < 1.29 is 14.6 Å². The third kappa shape index (κ3) is 2.90. The van der Waals surface area contributed by atoms with Crippen molar-refractivity contribution >= 4 is 6.16 Å². The lowest BCUT2D eigenvalue weighted by atomic mass is 9.74. The minimum atomic E-state index is -1.15. The zero-order valence-corrected chi connectivity index (χ0v) is 8.32. The summed E-state index contributed by atoms with van der Waals surface area (Å²) in [4.78, 5) is 10.2. The van der Waals surface area contributed by atoms with Crippen LogP contribution < -0.4 is 0 Å². The summed E-state index contributed by atoms with van der Waals surface area (Å²) in [5, 5.41) is 8.39. The predicted molar refractivity (Wildman–Crippen MR) is 49.6 cm³/mol. The van der Waals surface area contributed by atoms with Gasteiger partial charge in [-0.2, -0.15) is 0 Å². The molecule has 1 saturated carbocycles. The quantitative estimate of drug-likeness (QED) is 0.674. The molecule has 1 N–H and O–H groups in total. The van der Waals surface area contributed by atoms with Crippen LogP contribution in [0.2, 0.25) is 0 Å². The van der Waals surface area contributed by atoms with Crippen LogP contribution in [0.4, 0.5) is 4.79 Å². The molecular formula is C10H18O3. The average molecular weight is 186 g/mol. The summed E-state index contributed by atoms with van der Waals surface area (Å²) in [7, 11) is 0. The van der Waals surface area contributed by atoms with Crippen molar-refractivity contribution in [2.75, 3.05) is 6.61 Å². The first-order valence-electron chi connectivity index (χ1n) is 4.97. The first kappa shape index (κ1) is 10.4. The summed E-state index contributed by atoms with van der Waals surface area (Å²) >= 11 is 0. The maximum atomic E-state index is 10.2. The Labute approximate surface area is 79.1 Å². The lowest BCUT2D eigenvalue weighted by molar-refractivity contribution is 0.0410. The molecule has 0 bridgehead atoms. The van der Waals surface area contributed by atoms with Gasteiger partial charge in [0.15, 0.2) is 0 Å². The normalized spacial score (nSPS) is 34.2. The fourth-order valence-corrected chi connectivity index (χ4v) is 2.25. The van der Waals surface area contributed by atoms with Crippen molar-refractivity contribution in [2.24, 2.45) is 17.8 Å². The van der Waals surface area contributed by atoms with Crippen LogP contribution in [0.3, 0.4) is 0 Å². The average Bonchev–Trinajstić information content (AvgIpc) is 2.03. The number of ether oxygens (including phenoxy) is 1. The summed E-state index contributed by atoms with van der Waals surface area (Å²) in [5.74, 6) is 1.62. The molecule has 1 fully saturated rings. The van der Waals surface area contributed by atoms with E-state index in [2.05, 4.69) is 18.6 Å². The highest BCUT2D eigenvalue weighted by Crippen LogP contribution is 2.34. The van der Waals surface area contributed by atoms with Gasteiger partial charge < -0.3 is 9.84 Å². The summed E-state index contributed by atoms with van der Waals surface area (Å²) < 4.78 is 4.64. The fraction of sp³-hybridized carbons (Fsp3) is 0.900. The van der Waals surface area contributed by atoms with E-state index in [0.29, 0.717) is 24.4 Å². The molecule has 1 aliphatic rings. The first-order valence-corrected chi connectivity index (χ1v) is 4.97. The summed E-state index contributed by atoms with van der Waals surface area (Å²) in [5.41, 5.74) is 0. The van der Waals surface area contributed by atoms with Crippen LogP contribution in [0.1, 0.15) is 33.1 Å². The lowest BCUT2D eigenvalue weighted by Gasteiger charge is -2.33. The van der Waals surface area contributed by atoms with Crippen LogP contribution in [0.5, 0.6) is 0 Å². The number of hydrogen-bond donors (Lipinski definition) is 1. The Hall–Kier alpha value is -0.730. The third-order valence-corrected chi connectivity index (χ3v) is 3.18. The van der Waals surface area contributed by atoms with Gasteiger partial charge in [-0.15, -0.1) is 0 Å². The van der Waals surface area contributed by atoms with Gasteiger partial charge in [-0.3, -0.25) is 0 Å². The molecule has 0 aliphatic heterocycles. The van der Waals surface area contributed by atoms with Crippen molar-refractivity contribution in [3.05, 3.63) is 0 Å². The molecule has 0 radical (unpaired) electrons. The van der Waals surface area contributed by atoms with E-state index in [-0.39, 0.29) is 0 Å². The zero-order valence-electron chi connectivity index (χ0n) is 8.32. The zero-order chi connectivity index (χ0) is 9.84. The molecule has 0 aromatic rings. The monoisotopic (exact) mass is 186 g/mol. The molecule has 0 heterocycles. The molecule has 2 atom stereocenters. The molecule has 1 rings (SSSR count). The molecule has 13 heavy (non-hydrogen) atoms. The van der Waals surface area contributed by atoms with E-state index in [4.69, 9.17) is 5.11 Å². The number of carbonyl (C=O) groups is 1. The van der Waals surface area contributed by atoms with Gasteiger partial charge in [-0.05, 0) is 17.8 Å². The molecule has 76 valence electrons. The lowest BCUT2D eigenvalue weighted by Crippen LogP contribution is -2.29. The van der Waals surface area contributed by atoms with Crippen LogP contribution >= 0.6 is 0 Å². The largest absolute Gasteiger partial charge is 0.505 e. The second-order valence-electron chi connectivity index (χ2n) is 4.13. The highest BCUT2D eigenvalue weighted by Gasteiger charge is 2.28. The van der Waals surface area contributed by atoms with Crippen molar-refractivity contribution in [3.8, 4) is 0 Å². The smallest absolute Gasteiger partial charge is 0.450 e. The second kappa shape index (κ2) is 4.49. The number of carboxylic acid groups (broad SMARTS) is 1. The first-order chi connectivity index (χ1) is 6.11. The van der Waals surface area contributed by atoms with E-state index < -0.39 is 6.16 Å². The van der Waals surface area contributed by atoms with E-state index >= 15 is 0 Å². The molecule has 1 aliphatic carbocycles. The molecule has 0 amide bonds. The van der Waals surface area contributed by atoms with E-state index in [9.17, 15) is 4.79 Å². The molecular weight excluding hydrogens is 168 g/mol. The topological polar surface area (TPSA) is 46.5 Å². The van der Waals surface area contributed by atoms with Crippen LogP contribution in [0.15, 0.2) is 0 Å². The van der Waals surface area contributed by atoms with Crippen molar-refractivity contribution in [3.63, 3.8) is 0 Å². The van der Waals surface area contributed by atoms with Crippen LogP contribution in [-0.4, -0.2) is 17.9 Å². The third-order valence-electron chi connectivity index (χ3n) is 3.18.